The van der Waals surface area contributed by atoms with E-state index in [4.69, 9.17) is 10.5 Å². The van der Waals surface area contributed by atoms with Gasteiger partial charge in [-0.25, -0.2) is 13.8 Å². The average Bonchev–Trinajstić information content (AvgIpc) is 2.59. The van der Waals surface area contributed by atoms with Gasteiger partial charge in [0.1, 0.15) is 17.4 Å². The van der Waals surface area contributed by atoms with Gasteiger partial charge in [0.15, 0.2) is 11.6 Å². The summed E-state index contributed by atoms with van der Waals surface area (Å²) in [5, 5.41) is 2.61. The second kappa shape index (κ2) is 6.96. The first-order valence-corrected chi connectivity index (χ1v) is 7.27. The quantitative estimate of drug-likeness (QED) is 0.704. The largest absolute Gasteiger partial charge is 0.453 e. The smallest absolute Gasteiger partial charge is 0.256 e. The Morgan fingerprint density at radius 1 is 1.08 bits per heavy atom. The number of nitrogens with one attached hydrogen (secondary N) is 1. The number of pyridine rings is 1. The van der Waals surface area contributed by atoms with Crippen molar-refractivity contribution in [2.24, 2.45) is 0 Å². The summed E-state index contributed by atoms with van der Waals surface area (Å²) < 4.78 is 31.7. The van der Waals surface area contributed by atoms with Crippen LogP contribution >= 0.6 is 0 Å². The molecule has 2 aromatic carbocycles. The molecular weight excluding hydrogens is 328 g/mol. The summed E-state index contributed by atoms with van der Waals surface area (Å²) in [5.41, 5.74) is 6.51. The molecule has 3 N–H and O–H groups in total. The van der Waals surface area contributed by atoms with Crippen molar-refractivity contribution in [3.8, 4) is 11.5 Å². The first kappa shape index (κ1) is 16.4. The second-order valence-electron chi connectivity index (χ2n) is 5.14. The highest BCUT2D eigenvalue weighted by molar-refractivity contribution is 6.04. The Morgan fingerprint density at radius 3 is 2.60 bits per heavy atom. The molecule has 126 valence electrons. The lowest BCUT2D eigenvalue weighted by atomic mass is 10.2. The number of aromatic nitrogens is 1. The van der Waals surface area contributed by atoms with Gasteiger partial charge < -0.3 is 15.8 Å². The van der Waals surface area contributed by atoms with Gasteiger partial charge in [0.25, 0.3) is 5.91 Å². The monoisotopic (exact) mass is 341 g/mol. The summed E-state index contributed by atoms with van der Waals surface area (Å²) in [5.74, 6) is -1.47. The molecule has 0 spiro atoms. The standard InChI is InChI=1S/C18H13F2N3O2/c19-12-4-6-16(15(20)9-12)25-14-5-7-17(22-10-14)23-18(24)11-2-1-3-13(21)8-11/h1-10H,21H2,(H,22,23,24). The number of rotatable bonds is 4. The third-order valence-corrected chi connectivity index (χ3v) is 3.25. The number of nitrogens with zero attached hydrogens (tertiary/aromatic N) is 1. The number of hydrogen-bond donors (Lipinski definition) is 2. The van der Waals surface area contributed by atoms with Crippen LogP contribution in [0, 0.1) is 11.6 Å². The van der Waals surface area contributed by atoms with Gasteiger partial charge in [-0.3, -0.25) is 4.79 Å². The topological polar surface area (TPSA) is 77.2 Å². The Bertz CT molecular complexity index is 914. The number of amides is 1. The third-order valence-electron chi connectivity index (χ3n) is 3.25. The molecule has 0 aliphatic carbocycles. The van der Waals surface area contributed by atoms with Gasteiger partial charge in [-0.1, -0.05) is 6.07 Å². The lowest BCUT2D eigenvalue weighted by Gasteiger charge is -2.08. The zero-order chi connectivity index (χ0) is 17.8. The molecule has 3 rings (SSSR count). The third kappa shape index (κ3) is 4.08. The first-order chi connectivity index (χ1) is 12.0. The average molecular weight is 341 g/mol. The summed E-state index contributed by atoms with van der Waals surface area (Å²) in [7, 11) is 0. The van der Waals surface area contributed by atoms with E-state index < -0.39 is 11.6 Å². The highest BCUT2D eigenvalue weighted by Gasteiger charge is 2.09. The summed E-state index contributed by atoms with van der Waals surface area (Å²) in [6, 6.07) is 12.5. The minimum Gasteiger partial charge on any atom is -0.453 e. The molecule has 0 fully saturated rings. The van der Waals surface area contributed by atoms with E-state index >= 15 is 0 Å². The van der Waals surface area contributed by atoms with Gasteiger partial charge >= 0.3 is 0 Å². The van der Waals surface area contributed by atoms with E-state index in [-0.39, 0.29) is 17.4 Å². The van der Waals surface area contributed by atoms with Crippen LogP contribution in [-0.4, -0.2) is 10.9 Å². The van der Waals surface area contributed by atoms with Gasteiger partial charge in [0.05, 0.1) is 6.20 Å². The molecule has 25 heavy (non-hydrogen) atoms. The summed E-state index contributed by atoms with van der Waals surface area (Å²) in [6.45, 7) is 0. The Balaban J connectivity index is 1.69. The van der Waals surface area contributed by atoms with Crippen LogP contribution in [0.25, 0.3) is 0 Å². The Kier molecular flexibility index (Phi) is 4.56. The molecule has 0 unspecified atom stereocenters. The highest BCUT2D eigenvalue weighted by atomic mass is 19.1. The number of halogens is 2. The molecule has 0 bridgehead atoms. The van der Waals surface area contributed by atoms with Gasteiger partial charge in [0, 0.05) is 17.3 Å². The number of hydrogen-bond acceptors (Lipinski definition) is 4. The van der Waals surface area contributed by atoms with E-state index in [9.17, 15) is 13.6 Å². The molecule has 0 radical (unpaired) electrons. The molecule has 1 heterocycles. The minimum absolute atomic E-state index is 0.125. The van der Waals surface area contributed by atoms with Crippen LogP contribution in [-0.2, 0) is 0 Å². The van der Waals surface area contributed by atoms with Crippen molar-refractivity contribution < 1.29 is 18.3 Å². The second-order valence-corrected chi connectivity index (χ2v) is 5.14. The highest BCUT2D eigenvalue weighted by Crippen LogP contribution is 2.25. The molecule has 0 atom stereocenters. The van der Waals surface area contributed by atoms with Crippen molar-refractivity contribution in [2.45, 2.75) is 0 Å². The van der Waals surface area contributed by atoms with Crippen molar-refractivity contribution in [2.75, 3.05) is 11.1 Å². The maximum Gasteiger partial charge on any atom is 0.256 e. The summed E-state index contributed by atoms with van der Waals surface area (Å²) >= 11 is 0. The molecule has 1 amide bonds. The van der Waals surface area contributed by atoms with Crippen LogP contribution in [0.4, 0.5) is 20.3 Å². The zero-order valence-corrected chi connectivity index (χ0v) is 12.9. The number of carbonyl (C=O) groups is 1. The number of carbonyl (C=O) groups excluding carboxylic acids is 1. The molecular formula is C18H13F2N3O2. The fourth-order valence-electron chi connectivity index (χ4n) is 2.07. The zero-order valence-electron chi connectivity index (χ0n) is 12.9. The van der Waals surface area contributed by atoms with Crippen molar-refractivity contribution in [3.05, 3.63) is 78.0 Å². The van der Waals surface area contributed by atoms with E-state index in [1.54, 1.807) is 24.3 Å². The molecule has 5 nitrogen and oxygen atoms in total. The number of benzene rings is 2. The van der Waals surface area contributed by atoms with Crippen LogP contribution in [0.1, 0.15) is 10.4 Å². The first-order valence-electron chi connectivity index (χ1n) is 7.27. The van der Waals surface area contributed by atoms with Crippen LogP contribution in [0.5, 0.6) is 11.5 Å². The van der Waals surface area contributed by atoms with Gasteiger partial charge in [0.2, 0.25) is 0 Å². The molecule has 7 heteroatoms. The van der Waals surface area contributed by atoms with E-state index in [1.165, 1.54) is 24.4 Å². The molecule has 0 aliphatic heterocycles. The lowest BCUT2D eigenvalue weighted by molar-refractivity contribution is 0.102. The SMILES string of the molecule is Nc1cccc(C(=O)Nc2ccc(Oc3ccc(F)cc3F)cn2)c1. The number of nitrogens with two attached hydrogens (primary N) is 1. The molecule has 0 aliphatic rings. The van der Waals surface area contributed by atoms with Crippen LogP contribution in [0.15, 0.2) is 60.8 Å². The number of anilines is 2. The molecule has 0 saturated heterocycles. The van der Waals surface area contributed by atoms with Crippen LogP contribution < -0.4 is 15.8 Å². The maximum atomic E-state index is 13.6. The van der Waals surface area contributed by atoms with E-state index in [1.807, 2.05) is 0 Å². The fourth-order valence-corrected chi connectivity index (χ4v) is 2.07. The van der Waals surface area contributed by atoms with Crippen LogP contribution in [0.2, 0.25) is 0 Å². The summed E-state index contributed by atoms with van der Waals surface area (Å²) in [6.07, 6.45) is 1.32. The normalized spacial score (nSPS) is 10.3. The number of ether oxygens (including phenoxy) is 1. The lowest BCUT2D eigenvalue weighted by Crippen LogP contribution is -2.13. The minimum atomic E-state index is -0.820. The summed E-state index contributed by atoms with van der Waals surface area (Å²) in [4.78, 5) is 16.1. The van der Waals surface area contributed by atoms with E-state index in [2.05, 4.69) is 10.3 Å². The van der Waals surface area contributed by atoms with E-state index in [0.717, 1.165) is 12.1 Å². The predicted octanol–water partition coefficient (Wildman–Crippen LogP) is 3.99. The van der Waals surface area contributed by atoms with E-state index in [0.29, 0.717) is 17.1 Å². The van der Waals surface area contributed by atoms with Gasteiger partial charge in [-0.15, -0.1) is 0 Å². The number of nitrogen functional groups attached to an aromatic ring is 1. The van der Waals surface area contributed by atoms with Gasteiger partial charge in [-0.05, 0) is 42.5 Å². The molecule has 1 aromatic heterocycles. The van der Waals surface area contributed by atoms with Crippen molar-refractivity contribution in [3.63, 3.8) is 0 Å². The van der Waals surface area contributed by atoms with Crippen LogP contribution in [0.3, 0.4) is 0 Å². The molecule has 0 saturated carbocycles. The molecule has 3 aromatic rings. The Labute approximate surface area is 142 Å². The van der Waals surface area contributed by atoms with Crippen molar-refractivity contribution in [1.29, 1.82) is 0 Å². The van der Waals surface area contributed by atoms with Crippen molar-refractivity contribution >= 4 is 17.4 Å². The predicted molar refractivity (Wildman–Crippen MR) is 89.5 cm³/mol. The van der Waals surface area contributed by atoms with Crippen molar-refractivity contribution in [1.82, 2.24) is 4.98 Å². The fraction of sp³-hybridized carbons (Fsp3) is 0. The maximum absolute atomic E-state index is 13.6. The Morgan fingerprint density at radius 2 is 1.92 bits per heavy atom. The van der Waals surface area contributed by atoms with Gasteiger partial charge in [-0.2, -0.15) is 0 Å². The Hall–Kier alpha value is -3.48.